The van der Waals surface area contributed by atoms with Crippen molar-refractivity contribution in [2.75, 3.05) is 0 Å². The van der Waals surface area contributed by atoms with Gasteiger partial charge in [0.05, 0.1) is 16.1 Å². The summed E-state index contributed by atoms with van der Waals surface area (Å²) < 4.78 is 0. The zero-order valence-corrected chi connectivity index (χ0v) is 28.3. The average Bonchev–Trinajstić information content (AvgIpc) is 3.56. The second-order valence-electron chi connectivity index (χ2n) is 15.0. The molecule has 0 heterocycles. The first-order valence-corrected chi connectivity index (χ1v) is 22.9. The van der Waals surface area contributed by atoms with Crippen molar-refractivity contribution in [1.82, 2.24) is 0 Å². The van der Waals surface area contributed by atoms with Crippen molar-refractivity contribution in [3.8, 4) is 22.3 Å². The van der Waals surface area contributed by atoms with Crippen LogP contribution in [0.5, 0.6) is 0 Å². The summed E-state index contributed by atoms with van der Waals surface area (Å²) in [5.74, 6) is 0. The predicted molar refractivity (Wildman–Crippen MR) is 189 cm³/mol. The molecule has 3 aliphatic rings. The number of hydrogen-bond acceptors (Lipinski definition) is 0. The van der Waals surface area contributed by atoms with Crippen LogP contribution in [-0.4, -0.2) is 16.1 Å². The Morgan fingerprint density at radius 3 is 1.24 bits per heavy atom. The number of allylic oxidation sites excluding steroid dienone is 2. The van der Waals surface area contributed by atoms with Gasteiger partial charge in [-0.2, -0.15) is 0 Å². The van der Waals surface area contributed by atoms with E-state index in [4.69, 9.17) is 0 Å². The molecule has 0 nitrogen and oxygen atoms in total. The van der Waals surface area contributed by atoms with Gasteiger partial charge in [0.25, 0.3) is 0 Å². The quantitative estimate of drug-likeness (QED) is 0.199. The lowest BCUT2D eigenvalue weighted by molar-refractivity contribution is 0.235. The van der Waals surface area contributed by atoms with Crippen molar-refractivity contribution in [3.05, 3.63) is 118 Å². The van der Waals surface area contributed by atoms with Crippen molar-refractivity contribution < 1.29 is 0 Å². The molecule has 0 bridgehead atoms. The number of hydrogen-bond donors (Lipinski definition) is 0. The highest BCUT2D eigenvalue weighted by Crippen LogP contribution is 2.58. The molecule has 0 spiro atoms. The zero-order chi connectivity index (χ0) is 29.3. The van der Waals surface area contributed by atoms with Crippen LogP contribution in [0.3, 0.4) is 0 Å². The molecule has 0 unspecified atom stereocenters. The summed E-state index contributed by atoms with van der Waals surface area (Å²) in [4.78, 5) is 0. The summed E-state index contributed by atoms with van der Waals surface area (Å²) in [5.41, 5.74) is 14.9. The van der Waals surface area contributed by atoms with E-state index >= 15 is 0 Å². The monoisotopic (exact) mass is 580 g/mol. The van der Waals surface area contributed by atoms with E-state index in [2.05, 4.69) is 136 Å². The first kappa shape index (κ1) is 27.6. The molecule has 0 saturated heterocycles. The molecule has 0 aromatic heterocycles. The van der Waals surface area contributed by atoms with Gasteiger partial charge >= 0.3 is 0 Å². The Morgan fingerprint density at radius 1 is 0.500 bits per heavy atom. The van der Waals surface area contributed by atoms with Crippen LogP contribution in [0, 0.1) is 5.41 Å². The molecule has 1 saturated carbocycles. The third-order valence-corrected chi connectivity index (χ3v) is 14.5. The average molecular weight is 581 g/mol. The minimum absolute atomic E-state index is 0.218. The van der Waals surface area contributed by atoms with Gasteiger partial charge in [-0.3, -0.25) is 0 Å². The van der Waals surface area contributed by atoms with E-state index < -0.39 is 16.1 Å². The van der Waals surface area contributed by atoms with Crippen molar-refractivity contribution in [1.29, 1.82) is 0 Å². The SMILES string of the molecule is C[Si](C)(C)c1ccc(-c2cccc3c2C=C(C2(C4=Cc5c(cccc5-c5ccc([Si](C)(C)C)cc5)C4)CCC2)C3)cc1. The lowest BCUT2D eigenvalue weighted by atomic mass is 9.59. The Labute approximate surface area is 255 Å². The first-order chi connectivity index (χ1) is 20.0. The van der Waals surface area contributed by atoms with Gasteiger partial charge in [0.1, 0.15) is 0 Å². The van der Waals surface area contributed by atoms with Crippen molar-refractivity contribution in [2.24, 2.45) is 5.41 Å². The maximum atomic E-state index is 2.59. The van der Waals surface area contributed by atoms with Gasteiger partial charge < -0.3 is 0 Å². The van der Waals surface area contributed by atoms with Gasteiger partial charge in [-0.15, -0.1) is 0 Å². The molecular formula is C40H44Si2. The largest absolute Gasteiger partial charge is 0.0775 e. The molecule has 0 atom stereocenters. The smallest absolute Gasteiger partial charge is 0.0656 e. The number of rotatable bonds is 6. The van der Waals surface area contributed by atoms with Crippen LogP contribution in [0.4, 0.5) is 0 Å². The van der Waals surface area contributed by atoms with Crippen molar-refractivity contribution in [2.45, 2.75) is 71.4 Å². The van der Waals surface area contributed by atoms with Crippen LogP contribution in [-0.2, 0) is 12.8 Å². The van der Waals surface area contributed by atoms with Gasteiger partial charge in [-0.1, -0.05) is 164 Å². The highest BCUT2D eigenvalue weighted by atomic mass is 28.3. The lowest BCUT2D eigenvalue weighted by Gasteiger charge is -2.45. The van der Waals surface area contributed by atoms with Crippen molar-refractivity contribution >= 4 is 38.7 Å². The van der Waals surface area contributed by atoms with E-state index in [-0.39, 0.29) is 5.41 Å². The summed E-state index contributed by atoms with van der Waals surface area (Å²) in [6.07, 6.45) is 11.3. The molecule has 2 heteroatoms. The van der Waals surface area contributed by atoms with Crippen LogP contribution in [0.15, 0.2) is 96.1 Å². The standard InChI is InChI=1S/C40H44Si2/c1-41(2,3)34-18-14-28(15-19-34)36-12-7-10-30-24-32(26-38(30)36)40(22-9-23-40)33-25-31-11-8-13-37(39(31)27-33)29-16-20-35(21-17-29)42(4,5)6/h7-8,10-21,26-27H,9,22-25H2,1-6H3. The van der Waals surface area contributed by atoms with Gasteiger partial charge in [0.15, 0.2) is 0 Å². The highest BCUT2D eigenvalue weighted by molar-refractivity contribution is 6.89. The molecule has 0 N–H and O–H groups in total. The Balaban J connectivity index is 1.23. The maximum Gasteiger partial charge on any atom is 0.0775 e. The fourth-order valence-corrected chi connectivity index (χ4v) is 9.87. The fourth-order valence-electron chi connectivity index (χ4n) is 7.53. The summed E-state index contributed by atoms with van der Waals surface area (Å²) >= 11 is 0. The summed E-state index contributed by atoms with van der Waals surface area (Å²) in [5, 5.41) is 3.06. The van der Waals surface area contributed by atoms with E-state index in [1.807, 2.05) is 0 Å². The normalized spacial score (nSPS) is 17.3. The Hall–Kier alpha value is -3.21. The Bertz CT molecular complexity index is 1600. The first-order valence-electron chi connectivity index (χ1n) is 15.9. The van der Waals surface area contributed by atoms with E-state index in [0.29, 0.717) is 0 Å². The minimum atomic E-state index is -1.31. The number of benzene rings is 4. The maximum absolute atomic E-state index is 2.59. The molecule has 4 aromatic rings. The summed E-state index contributed by atoms with van der Waals surface area (Å²) in [7, 11) is -2.61. The molecule has 1 fully saturated rings. The molecule has 4 aromatic carbocycles. The third kappa shape index (κ3) is 4.64. The third-order valence-electron chi connectivity index (χ3n) is 10.4. The van der Waals surface area contributed by atoms with Crippen molar-refractivity contribution in [3.63, 3.8) is 0 Å². The highest BCUT2D eigenvalue weighted by Gasteiger charge is 2.46. The summed E-state index contributed by atoms with van der Waals surface area (Å²) in [6, 6.07) is 32.9. The second kappa shape index (κ2) is 9.93. The molecule has 3 aliphatic carbocycles. The fraction of sp³-hybridized carbons (Fsp3) is 0.300. The zero-order valence-electron chi connectivity index (χ0n) is 26.3. The molecule has 0 radical (unpaired) electrons. The molecule has 7 rings (SSSR count). The molecular weight excluding hydrogens is 537 g/mol. The van der Waals surface area contributed by atoms with Gasteiger partial charge in [0.2, 0.25) is 0 Å². The van der Waals surface area contributed by atoms with Crippen LogP contribution in [0.1, 0.15) is 41.5 Å². The molecule has 42 heavy (non-hydrogen) atoms. The topological polar surface area (TPSA) is 0 Å². The van der Waals surface area contributed by atoms with Gasteiger partial charge in [-0.05, 0) is 70.2 Å². The Morgan fingerprint density at radius 2 is 0.905 bits per heavy atom. The predicted octanol–water partition coefficient (Wildman–Crippen LogP) is 9.86. The Kier molecular flexibility index (Phi) is 6.53. The molecule has 212 valence electrons. The minimum Gasteiger partial charge on any atom is -0.0656 e. The van der Waals surface area contributed by atoms with E-state index in [0.717, 1.165) is 12.8 Å². The number of fused-ring (bicyclic) bond motifs is 2. The van der Waals surface area contributed by atoms with Crippen LogP contribution < -0.4 is 10.4 Å². The second-order valence-corrected chi connectivity index (χ2v) is 25.2. The van der Waals surface area contributed by atoms with E-state index in [1.165, 1.54) is 74.1 Å². The van der Waals surface area contributed by atoms with Crippen LogP contribution in [0.25, 0.3) is 34.4 Å². The van der Waals surface area contributed by atoms with E-state index in [1.54, 1.807) is 11.1 Å². The van der Waals surface area contributed by atoms with Gasteiger partial charge in [0, 0.05) is 5.41 Å². The van der Waals surface area contributed by atoms with Crippen LogP contribution >= 0.6 is 0 Å². The molecule has 0 aliphatic heterocycles. The summed E-state index contributed by atoms with van der Waals surface area (Å²) in [6.45, 7) is 14.6. The van der Waals surface area contributed by atoms with E-state index in [9.17, 15) is 0 Å². The van der Waals surface area contributed by atoms with Gasteiger partial charge in [-0.25, -0.2) is 0 Å². The lowest BCUT2D eigenvalue weighted by Crippen LogP contribution is -2.37. The van der Waals surface area contributed by atoms with Crippen LogP contribution in [0.2, 0.25) is 39.3 Å². The molecule has 0 amide bonds.